The van der Waals surface area contributed by atoms with E-state index >= 15 is 0 Å². The van der Waals surface area contributed by atoms with E-state index in [0.717, 1.165) is 19.1 Å². The molecule has 0 aromatic heterocycles. The van der Waals surface area contributed by atoms with Crippen LogP contribution in [0.1, 0.15) is 39.5 Å². The number of ether oxygens (including phenoxy) is 1. The van der Waals surface area contributed by atoms with Gasteiger partial charge in [-0.1, -0.05) is 20.3 Å². The van der Waals surface area contributed by atoms with Crippen molar-refractivity contribution in [3.63, 3.8) is 0 Å². The highest BCUT2D eigenvalue weighted by molar-refractivity contribution is 4.69. The lowest BCUT2D eigenvalue weighted by Gasteiger charge is -2.28. The number of hydrogen-bond donors (Lipinski definition) is 1. The van der Waals surface area contributed by atoms with Gasteiger partial charge in [0.05, 0.1) is 0 Å². The van der Waals surface area contributed by atoms with Crippen LogP contribution < -0.4 is 5.32 Å². The average Bonchev–Trinajstić information content (AvgIpc) is 2.29. The molecule has 1 aliphatic rings. The van der Waals surface area contributed by atoms with E-state index in [1.54, 1.807) is 0 Å². The molecule has 0 bridgehead atoms. The van der Waals surface area contributed by atoms with E-state index < -0.39 is 0 Å². The summed E-state index contributed by atoms with van der Waals surface area (Å²) in [6.45, 7) is 12.4. The fourth-order valence-electron chi connectivity index (χ4n) is 2.31. The van der Waals surface area contributed by atoms with Crippen LogP contribution in [0.2, 0.25) is 0 Å². The molecule has 0 aromatic rings. The summed E-state index contributed by atoms with van der Waals surface area (Å²) in [4.78, 5) is 2.61. The summed E-state index contributed by atoms with van der Waals surface area (Å²) in [5.74, 6) is 0.774. The van der Waals surface area contributed by atoms with Gasteiger partial charge < -0.3 is 15.0 Å². The molecule has 0 saturated carbocycles. The highest BCUT2D eigenvalue weighted by atomic mass is 16.5. The molecule has 1 rings (SSSR count). The zero-order valence-corrected chi connectivity index (χ0v) is 11.7. The molecule has 102 valence electrons. The Labute approximate surface area is 107 Å². The van der Waals surface area contributed by atoms with Gasteiger partial charge in [-0.25, -0.2) is 0 Å². The monoisotopic (exact) mass is 242 g/mol. The number of nitrogens with zero attached hydrogens (tertiary/aromatic N) is 1. The van der Waals surface area contributed by atoms with Gasteiger partial charge in [0, 0.05) is 26.3 Å². The third-order valence-electron chi connectivity index (χ3n) is 3.30. The molecule has 0 aromatic carbocycles. The molecule has 1 aliphatic heterocycles. The SMILES string of the molecule is CCCCOCCCN1CCCNCC(C)C1. The minimum atomic E-state index is 0.774. The Bertz CT molecular complexity index is 176. The zero-order valence-electron chi connectivity index (χ0n) is 11.7. The molecule has 1 unspecified atom stereocenters. The Morgan fingerprint density at radius 3 is 2.94 bits per heavy atom. The van der Waals surface area contributed by atoms with Gasteiger partial charge in [-0.15, -0.1) is 0 Å². The molecule has 1 N–H and O–H groups in total. The minimum Gasteiger partial charge on any atom is -0.381 e. The summed E-state index contributed by atoms with van der Waals surface area (Å²) in [6.07, 6.45) is 4.90. The molecular weight excluding hydrogens is 212 g/mol. The molecule has 3 nitrogen and oxygen atoms in total. The van der Waals surface area contributed by atoms with E-state index in [2.05, 4.69) is 24.1 Å². The summed E-state index contributed by atoms with van der Waals surface area (Å²) >= 11 is 0. The fraction of sp³-hybridized carbons (Fsp3) is 1.00. The van der Waals surface area contributed by atoms with Crippen molar-refractivity contribution in [1.82, 2.24) is 10.2 Å². The first-order valence-electron chi connectivity index (χ1n) is 7.33. The largest absolute Gasteiger partial charge is 0.381 e. The summed E-state index contributed by atoms with van der Waals surface area (Å²) in [5, 5.41) is 3.50. The van der Waals surface area contributed by atoms with E-state index in [4.69, 9.17) is 4.74 Å². The minimum absolute atomic E-state index is 0.774. The summed E-state index contributed by atoms with van der Waals surface area (Å²) in [7, 11) is 0. The highest BCUT2D eigenvalue weighted by Gasteiger charge is 2.12. The van der Waals surface area contributed by atoms with Gasteiger partial charge in [0.1, 0.15) is 0 Å². The van der Waals surface area contributed by atoms with Crippen LogP contribution in [0.5, 0.6) is 0 Å². The van der Waals surface area contributed by atoms with Crippen molar-refractivity contribution in [3.8, 4) is 0 Å². The van der Waals surface area contributed by atoms with Crippen LogP contribution in [-0.2, 0) is 4.74 Å². The Balaban J connectivity index is 2.03. The third-order valence-corrected chi connectivity index (χ3v) is 3.30. The third kappa shape index (κ3) is 7.74. The number of unbranched alkanes of at least 4 members (excludes halogenated alkanes) is 1. The molecule has 3 heteroatoms. The average molecular weight is 242 g/mol. The molecule has 1 atom stereocenters. The van der Waals surface area contributed by atoms with Crippen LogP contribution in [0.25, 0.3) is 0 Å². The Hall–Kier alpha value is -0.120. The van der Waals surface area contributed by atoms with E-state index in [9.17, 15) is 0 Å². The number of rotatable bonds is 7. The molecule has 0 aliphatic carbocycles. The first kappa shape index (κ1) is 14.9. The Morgan fingerprint density at radius 2 is 2.12 bits per heavy atom. The maximum atomic E-state index is 5.61. The first-order valence-corrected chi connectivity index (χ1v) is 7.33. The molecule has 0 spiro atoms. The van der Waals surface area contributed by atoms with Crippen molar-refractivity contribution in [2.75, 3.05) is 45.9 Å². The van der Waals surface area contributed by atoms with Crippen LogP contribution in [0, 0.1) is 5.92 Å². The second kappa shape index (κ2) is 9.86. The zero-order chi connectivity index (χ0) is 12.3. The van der Waals surface area contributed by atoms with Crippen LogP contribution in [0.4, 0.5) is 0 Å². The molecule has 1 fully saturated rings. The number of nitrogens with one attached hydrogen (secondary N) is 1. The second-order valence-corrected chi connectivity index (χ2v) is 5.28. The summed E-state index contributed by atoms with van der Waals surface area (Å²) in [5.41, 5.74) is 0. The van der Waals surface area contributed by atoms with Crippen molar-refractivity contribution >= 4 is 0 Å². The van der Waals surface area contributed by atoms with Gasteiger partial charge in [-0.3, -0.25) is 0 Å². The van der Waals surface area contributed by atoms with Gasteiger partial charge >= 0.3 is 0 Å². The normalized spacial score (nSPS) is 23.3. The van der Waals surface area contributed by atoms with Gasteiger partial charge in [0.15, 0.2) is 0 Å². The lowest BCUT2D eigenvalue weighted by molar-refractivity contribution is 0.114. The Morgan fingerprint density at radius 1 is 1.29 bits per heavy atom. The van der Waals surface area contributed by atoms with Crippen molar-refractivity contribution < 1.29 is 4.74 Å². The van der Waals surface area contributed by atoms with E-state index in [1.165, 1.54) is 58.4 Å². The van der Waals surface area contributed by atoms with E-state index in [1.807, 2.05) is 0 Å². The fourth-order valence-corrected chi connectivity index (χ4v) is 2.31. The van der Waals surface area contributed by atoms with Crippen LogP contribution in [0.15, 0.2) is 0 Å². The maximum Gasteiger partial charge on any atom is 0.0478 e. The maximum absolute atomic E-state index is 5.61. The summed E-state index contributed by atoms with van der Waals surface area (Å²) in [6, 6.07) is 0. The van der Waals surface area contributed by atoms with Crippen molar-refractivity contribution in [2.24, 2.45) is 5.92 Å². The quantitative estimate of drug-likeness (QED) is 0.692. The molecule has 0 amide bonds. The molecule has 1 heterocycles. The molecule has 0 radical (unpaired) electrons. The smallest absolute Gasteiger partial charge is 0.0478 e. The lowest BCUT2D eigenvalue weighted by atomic mass is 10.1. The van der Waals surface area contributed by atoms with Gasteiger partial charge in [-0.2, -0.15) is 0 Å². The number of hydrogen-bond acceptors (Lipinski definition) is 3. The van der Waals surface area contributed by atoms with Crippen LogP contribution >= 0.6 is 0 Å². The van der Waals surface area contributed by atoms with Crippen molar-refractivity contribution in [2.45, 2.75) is 39.5 Å². The van der Waals surface area contributed by atoms with Gasteiger partial charge in [0.25, 0.3) is 0 Å². The van der Waals surface area contributed by atoms with Crippen molar-refractivity contribution in [1.29, 1.82) is 0 Å². The van der Waals surface area contributed by atoms with Crippen LogP contribution in [0.3, 0.4) is 0 Å². The highest BCUT2D eigenvalue weighted by Crippen LogP contribution is 2.04. The van der Waals surface area contributed by atoms with Crippen LogP contribution in [-0.4, -0.2) is 50.8 Å². The summed E-state index contributed by atoms with van der Waals surface area (Å²) < 4.78 is 5.61. The molecular formula is C14H30N2O. The van der Waals surface area contributed by atoms with Crippen molar-refractivity contribution in [3.05, 3.63) is 0 Å². The predicted octanol–water partition coefficient (Wildman–Crippen LogP) is 2.12. The lowest BCUT2D eigenvalue weighted by Crippen LogP contribution is -2.39. The Kier molecular flexibility index (Phi) is 8.67. The van der Waals surface area contributed by atoms with E-state index in [0.29, 0.717) is 0 Å². The molecule has 17 heavy (non-hydrogen) atoms. The first-order chi connectivity index (χ1) is 8.33. The van der Waals surface area contributed by atoms with Gasteiger partial charge in [0.2, 0.25) is 0 Å². The molecule has 1 saturated heterocycles. The topological polar surface area (TPSA) is 24.5 Å². The van der Waals surface area contributed by atoms with Gasteiger partial charge in [-0.05, 0) is 44.8 Å². The predicted molar refractivity (Wildman–Crippen MR) is 73.4 cm³/mol. The standard InChI is InChI=1S/C14H30N2O/c1-3-4-10-17-11-6-9-16-8-5-7-15-12-14(2)13-16/h14-15H,3-13H2,1-2H3. The van der Waals surface area contributed by atoms with E-state index in [-0.39, 0.29) is 0 Å². The second-order valence-electron chi connectivity index (χ2n) is 5.28.